The maximum Gasteiger partial charge on any atom is 0.196 e. The Balaban J connectivity index is 1.53. The third-order valence-electron chi connectivity index (χ3n) is 5.16. The van der Waals surface area contributed by atoms with Crippen molar-refractivity contribution in [3.05, 3.63) is 76.8 Å². The standard InChI is InChI=1S/C24H25NO5/c1-16(2)25(13-17-6-4-3-5-7-17)14-18(26)15-30-24-19-8-10-28-21(19)12-22-23(24)20(27)9-11-29-22/h3-12,16,18,26H,13-15H2,1-2H3. The number of benzene rings is 2. The van der Waals surface area contributed by atoms with Crippen LogP contribution < -0.4 is 10.2 Å². The van der Waals surface area contributed by atoms with Gasteiger partial charge in [0.05, 0.1) is 17.9 Å². The molecule has 0 aliphatic rings. The van der Waals surface area contributed by atoms with E-state index < -0.39 is 6.10 Å². The van der Waals surface area contributed by atoms with Gasteiger partial charge in [0.15, 0.2) is 5.43 Å². The van der Waals surface area contributed by atoms with E-state index in [-0.39, 0.29) is 18.1 Å². The second-order valence-electron chi connectivity index (χ2n) is 7.67. The molecule has 156 valence electrons. The van der Waals surface area contributed by atoms with E-state index >= 15 is 0 Å². The SMILES string of the molecule is CC(C)N(Cc1ccccc1)CC(O)COc1c2ccoc2cc2occc(=O)c12. The molecule has 6 heteroatoms. The molecule has 0 amide bonds. The molecule has 4 rings (SSSR count). The fraction of sp³-hybridized carbons (Fsp3) is 0.292. The molecular weight excluding hydrogens is 382 g/mol. The van der Waals surface area contributed by atoms with Gasteiger partial charge >= 0.3 is 0 Å². The number of aliphatic hydroxyl groups excluding tert-OH is 1. The summed E-state index contributed by atoms with van der Waals surface area (Å²) < 4.78 is 16.9. The van der Waals surface area contributed by atoms with Gasteiger partial charge in [0.1, 0.15) is 35.0 Å². The first-order chi connectivity index (χ1) is 14.5. The first-order valence-corrected chi connectivity index (χ1v) is 10.0. The van der Waals surface area contributed by atoms with Crippen LogP contribution in [0.15, 0.2) is 74.7 Å². The molecule has 2 heterocycles. The molecule has 1 unspecified atom stereocenters. The summed E-state index contributed by atoms with van der Waals surface area (Å²) in [7, 11) is 0. The predicted molar refractivity (Wildman–Crippen MR) is 116 cm³/mol. The second-order valence-corrected chi connectivity index (χ2v) is 7.67. The highest BCUT2D eigenvalue weighted by Crippen LogP contribution is 2.33. The average Bonchev–Trinajstić information content (AvgIpc) is 3.20. The molecule has 0 aliphatic heterocycles. The van der Waals surface area contributed by atoms with Gasteiger partial charge in [0.25, 0.3) is 0 Å². The van der Waals surface area contributed by atoms with Crippen LogP contribution in [0.1, 0.15) is 19.4 Å². The van der Waals surface area contributed by atoms with Gasteiger partial charge in [0, 0.05) is 31.3 Å². The first-order valence-electron chi connectivity index (χ1n) is 10.0. The average molecular weight is 407 g/mol. The first kappa shape index (κ1) is 20.2. The number of nitrogens with zero attached hydrogens (tertiary/aromatic N) is 1. The molecule has 0 bridgehead atoms. The Hall–Kier alpha value is -3.09. The lowest BCUT2D eigenvalue weighted by atomic mass is 10.1. The molecule has 0 fully saturated rings. The molecule has 0 radical (unpaired) electrons. The predicted octanol–water partition coefficient (Wildman–Crippen LogP) is 4.19. The fourth-order valence-corrected chi connectivity index (χ4v) is 3.57. The van der Waals surface area contributed by atoms with Crippen molar-refractivity contribution in [2.24, 2.45) is 0 Å². The molecular formula is C24H25NO5. The van der Waals surface area contributed by atoms with Crippen LogP contribution >= 0.6 is 0 Å². The monoisotopic (exact) mass is 407 g/mol. The van der Waals surface area contributed by atoms with Crippen molar-refractivity contribution < 1.29 is 18.7 Å². The number of rotatable bonds is 8. The molecule has 30 heavy (non-hydrogen) atoms. The summed E-state index contributed by atoms with van der Waals surface area (Å²) in [5.74, 6) is 0.379. The van der Waals surface area contributed by atoms with E-state index in [2.05, 4.69) is 30.9 Å². The maximum absolute atomic E-state index is 12.4. The molecule has 2 aromatic carbocycles. The summed E-state index contributed by atoms with van der Waals surface area (Å²) in [5, 5.41) is 11.7. The molecule has 4 aromatic rings. The van der Waals surface area contributed by atoms with Crippen molar-refractivity contribution in [1.29, 1.82) is 0 Å². The molecule has 0 spiro atoms. The van der Waals surface area contributed by atoms with E-state index in [1.165, 1.54) is 24.2 Å². The van der Waals surface area contributed by atoms with Crippen molar-refractivity contribution in [2.45, 2.75) is 32.5 Å². The Morgan fingerprint density at radius 2 is 1.77 bits per heavy atom. The van der Waals surface area contributed by atoms with Gasteiger partial charge in [-0.3, -0.25) is 9.69 Å². The number of hydrogen-bond acceptors (Lipinski definition) is 6. The van der Waals surface area contributed by atoms with E-state index in [0.29, 0.717) is 34.2 Å². The van der Waals surface area contributed by atoms with Crippen LogP contribution in [0, 0.1) is 0 Å². The molecule has 0 saturated heterocycles. The van der Waals surface area contributed by atoms with Crippen LogP contribution in [-0.4, -0.2) is 35.3 Å². The minimum atomic E-state index is -0.732. The molecule has 0 saturated carbocycles. The van der Waals surface area contributed by atoms with Gasteiger partial charge in [-0.1, -0.05) is 30.3 Å². The largest absolute Gasteiger partial charge is 0.489 e. The van der Waals surface area contributed by atoms with Crippen molar-refractivity contribution >= 4 is 21.9 Å². The lowest BCUT2D eigenvalue weighted by Crippen LogP contribution is -2.39. The van der Waals surface area contributed by atoms with Crippen LogP contribution in [0.5, 0.6) is 5.75 Å². The molecule has 1 N–H and O–H groups in total. The van der Waals surface area contributed by atoms with E-state index in [1.54, 1.807) is 12.1 Å². The van der Waals surface area contributed by atoms with E-state index in [0.717, 1.165) is 6.54 Å². The quantitative estimate of drug-likeness (QED) is 0.472. The summed E-state index contributed by atoms with van der Waals surface area (Å²) >= 11 is 0. The number of fused-ring (bicyclic) bond motifs is 2. The van der Waals surface area contributed by atoms with Crippen LogP contribution in [0.4, 0.5) is 0 Å². The molecule has 2 aromatic heterocycles. The van der Waals surface area contributed by atoms with Crippen molar-refractivity contribution in [1.82, 2.24) is 4.90 Å². The minimum Gasteiger partial charge on any atom is -0.489 e. The van der Waals surface area contributed by atoms with Crippen LogP contribution in [0.25, 0.3) is 21.9 Å². The second kappa shape index (κ2) is 8.73. The van der Waals surface area contributed by atoms with Gasteiger partial charge in [-0.2, -0.15) is 0 Å². The van der Waals surface area contributed by atoms with Crippen LogP contribution in [0.3, 0.4) is 0 Å². The zero-order valence-corrected chi connectivity index (χ0v) is 17.1. The Bertz CT molecular complexity index is 1180. The van der Waals surface area contributed by atoms with Gasteiger partial charge < -0.3 is 18.7 Å². The van der Waals surface area contributed by atoms with Gasteiger partial charge in [0.2, 0.25) is 0 Å². The minimum absolute atomic E-state index is 0.0474. The molecule has 1 atom stereocenters. The van der Waals surface area contributed by atoms with E-state index in [9.17, 15) is 9.90 Å². The Morgan fingerprint density at radius 3 is 2.53 bits per heavy atom. The smallest absolute Gasteiger partial charge is 0.196 e. The Morgan fingerprint density at radius 1 is 1.03 bits per heavy atom. The van der Waals surface area contributed by atoms with E-state index in [1.807, 2.05) is 18.2 Å². The van der Waals surface area contributed by atoms with Gasteiger partial charge in [-0.05, 0) is 25.5 Å². The Kier molecular flexibility index (Phi) is 5.88. The topological polar surface area (TPSA) is 76.1 Å². The van der Waals surface area contributed by atoms with Crippen LogP contribution in [-0.2, 0) is 6.54 Å². The highest BCUT2D eigenvalue weighted by Gasteiger charge is 2.19. The lowest BCUT2D eigenvalue weighted by molar-refractivity contribution is 0.0551. The number of hydrogen-bond donors (Lipinski definition) is 1. The third kappa shape index (κ3) is 4.25. The highest BCUT2D eigenvalue weighted by atomic mass is 16.5. The van der Waals surface area contributed by atoms with Gasteiger partial charge in [-0.15, -0.1) is 0 Å². The normalized spacial score (nSPS) is 12.8. The molecule has 6 nitrogen and oxygen atoms in total. The maximum atomic E-state index is 12.4. The lowest BCUT2D eigenvalue weighted by Gasteiger charge is -2.29. The van der Waals surface area contributed by atoms with Crippen LogP contribution in [0.2, 0.25) is 0 Å². The van der Waals surface area contributed by atoms with E-state index in [4.69, 9.17) is 13.6 Å². The van der Waals surface area contributed by atoms with Crippen molar-refractivity contribution in [3.63, 3.8) is 0 Å². The summed E-state index contributed by atoms with van der Waals surface area (Å²) in [4.78, 5) is 14.6. The zero-order chi connectivity index (χ0) is 21.1. The Labute approximate surface area is 174 Å². The third-order valence-corrected chi connectivity index (χ3v) is 5.16. The number of ether oxygens (including phenoxy) is 1. The fourth-order valence-electron chi connectivity index (χ4n) is 3.57. The summed E-state index contributed by atoms with van der Waals surface area (Å²) in [6.45, 7) is 5.43. The van der Waals surface area contributed by atoms with Crippen molar-refractivity contribution in [2.75, 3.05) is 13.2 Å². The molecule has 0 aliphatic carbocycles. The highest BCUT2D eigenvalue weighted by molar-refractivity contribution is 6.00. The van der Waals surface area contributed by atoms with Gasteiger partial charge in [-0.25, -0.2) is 0 Å². The number of furan rings is 1. The van der Waals surface area contributed by atoms with Crippen molar-refractivity contribution in [3.8, 4) is 5.75 Å². The number of aliphatic hydroxyl groups is 1. The summed E-state index contributed by atoms with van der Waals surface area (Å²) in [6, 6.07) is 15.2. The zero-order valence-electron chi connectivity index (χ0n) is 17.1. The summed E-state index contributed by atoms with van der Waals surface area (Å²) in [6.07, 6.45) is 2.16. The summed E-state index contributed by atoms with van der Waals surface area (Å²) in [5.41, 5.74) is 1.94.